The molecule has 150 valence electrons. The molecular weight excluding hydrogens is 384 g/mol. The fourth-order valence-corrected chi connectivity index (χ4v) is 3.20. The highest BCUT2D eigenvalue weighted by Gasteiger charge is 2.31. The van der Waals surface area contributed by atoms with Crippen molar-refractivity contribution in [2.45, 2.75) is 18.6 Å². The predicted molar refractivity (Wildman–Crippen MR) is 104 cm³/mol. The summed E-state index contributed by atoms with van der Waals surface area (Å²) in [5.74, 6) is -1.45. The van der Waals surface area contributed by atoms with Crippen LogP contribution in [0.15, 0.2) is 42.5 Å². The van der Waals surface area contributed by atoms with Crippen LogP contribution in [0.1, 0.15) is 34.3 Å². The maximum Gasteiger partial charge on any atom is 0.321 e. The summed E-state index contributed by atoms with van der Waals surface area (Å²) in [6.45, 7) is 1.80. The fraction of sp³-hybridized carbons (Fsp3) is 0.300. The van der Waals surface area contributed by atoms with Gasteiger partial charge in [0.2, 0.25) is 0 Å². The maximum atomic E-state index is 13.1. The number of rotatable bonds is 9. The Hall–Kier alpha value is -2.71. The van der Waals surface area contributed by atoms with Crippen LogP contribution in [0.4, 0.5) is 0 Å². The molecule has 0 fully saturated rings. The van der Waals surface area contributed by atoms with Gasteiger partial charge in [0, 0.05) is 5.56 Å². The van der Waals surface area contributed by atoms with Crippen LogP contribution in [0.3, 0.4) is 0 Å². The van der Waals surface area contributed by atoms with Crippen LogP contribution in [0.25, 0.3) is 0 Å². The zero-order valence-corrected chi connectivity index (χ0v) is 16.7. The van der Waals surface area contributed by atoms with Gasteiger partial charge in [-0.05, 0) is 30.2 Å². The van der Waals surface area contributed by atoms with Gasteiger partial charge in [0.15, 0.2) is 28.4 Å². The van der Waals surface area contributed by atoms with E-state index in [2.05, 4.69) is 0 Å². The van der Waals surface area contributed by atoms with E-state index in [1.807, 2.05) is 0 Å². The van der Waals surface area contributed by atoms with Gasteiger partial charge in [-0.15, -0.1) is 0 Å². The van der Waals surface area contributed by atoms with Crippen LogP contribution < -0.4 is 9.47 Å². The Balaban J connectivity index is 2.41. The molecule has 2 rings (SSSR count). The molecule has 0 aromatic heterocycles. The summed E-state index contributed by atoms with van der Waals surface area (Å²) >= 11 is -1.97. The molecule has 0 spiro atoms. The monoisotopic (exact) mass is 406 g/mol. The quantitative estimate of drug-likeness (QED) is 0.296. The van der Waals surface area contributed by atoms with Crippen LogP contribution in [-0.4, -0.2) is 41.3 Å². The molecule has 2 atom stereocenters. The van der Waals surface area contributed by atoms with E-state index in [0.717, 1.165) is 0 Å². The number of ketones is 1. The minimum Gasteiger partial charge on any atom is -0.493 e. The van der Waals surface area contributed by atoms with Gasteiger partial charge < -0.3 is 18.8 Å². The number of hydrogen-bond donors (Lipinski definition) is 1. The number of esters is 1. The van der Waals surface area contributed by atoms with Crippen molar-refractivity contribution in [1.29, 1.82) is 0 Å². The second-order valence-electron chi connectivity index (χ2n) is 5.83. The second kappa shape index (κ2) is 10.0. The molecule has 0 saturated heterocycles. The Morgan fingerprint density at radius 3 is 2.21 bits per heavy atom. The lowest BCUT2D eigenvalue weighted by molar-refractivity contribution is -0.143. The standard InChI is InChI=1S/C20H22O7S/c1-4-27-20(22)18(15-9-10-16(25-2)17(11-15)26-3)19(21)14-7-5-13(6-8-14)12-28(23)24/h5-11,18H,4,12H2,1-3H3,(H,23,24). The number of hydrogen-bond acceptors (Lipinski definition) is 6. The summed E-state index contributed by atoms with van der Waals surface area (Å²) in [5, 5.41) is 0. The molecule has 0 aliphatic rings. The van der Waals surface area contributed by atoms with Crippen molar-refractivity contribution in [3.63, 3.8) is 0 Å². The Kier molecular flexibility index (Phi) is 7.71. The molecule has 0 aliphatic carbocycles. The molecule has 7 nitrogen and oxygen atoms in total. The minimum atomic E-state index is -1.97. The summed E-state index contributed by atoms with van der Waals surface area (Å²) in [5.41, 5.74) is 1.32. The minimum absolute atomic E-state index is 0.0363. The van der Waals surface area contributed by atoms with Gasteiger partial charge in [0.1, 0.15) is 5.92 Å². The molecular formula is C20H22O7S. The zero-order valence-electron chi connectivity index (χ0n) is 15.8. The molecule has 0 heterocycles. The van der Waals surface area contributed by atoms with Gasteiger partial charge in [-0.2, -0.15) is 0 Å². The molecule has 2 aromatic carbocycles. The lowest BCUT2D eigenvalue weighted by Gasteiger charge is -2.17. The van der Waals surface area contributed by atoms with E-state index >= 15 is 0 Å². The number of ether oxygens (including phenoxy) is 3. The van der Waals surface area contributed by atoms with Gasteiger partial charge in [-0.3, -0.25) is 9.59 Å². The SMILES string of the molecule is CCOC(=O)C(C(=O)c1ccc(CS(=O)O)cc1)c1ccc(OC)c(OC)c1. The van der Waals surface area contributed by atoms with Crippen molar-refractivity contribution in [3.8, 4) is 11.5 Å². The lowest BCUT2D eigenvalue weighted by atomic mass is 9.90. The Morgan fingerprint density at radius 1 is 1.04 bits per heavy atom. The van der Waals surface area contributed by atoms with E-state index in [1.165, 1.54) is 26.4 Å². The summed E-state index contributed by atoms with van der Waals surface area (Å²) in [4.78, 5) is 25.6. The van der Waals surface area contributed by atoms with E-state index in [-0.39, 0.29) is 12.4 Å². The van der Waals surface area contributed by atoms with Gasteiger partial charge in [0.25, 0.3) is 0 Å². The maximum absolute atomic E-state index is 13.1. The largest absolute Gasteiger partial charge is 0.493 e. The van der Waals surface area contributed by atoms with Gasteiger partial charge in [0.05, 0.1) is 26.6 Å². The predicted octanol–water partition coefficient (Wildman–Crippen LogP) is 2.96. The van der Waals surface area contributed by atoms with Crippen molar-refractivity contribution in [2.24, 2.45) is 0 Å². The number of Topliss-reactive ketones (excluding diaryl/α,β-unsaturated/α-hetero) is 1. The molecule has 0 saturated carbocycles. The normalized spacial score (nSPS) is 12.7. The summed E-state index contributed by atoms with van der Waals surface area (Å²) in [7, 11) is 2.96. The third-order valence-corrected chi connectivity index (χ3v) is 4.63. The molecule has 2 unspecified atom stereocenters. The van der Waals surface area contributed by atoms with Crippen molar-refractivity contribution in [1.82, 2.24) is 0 Å². The van der Waals surface area contributed by atoms with Gasteiger partial charge >= 0.3 is 5.97 Å². The van der Waals surface area contributed by atoms with E-state index in [4.69, 9.17) is 18.8 Å². The molecule has 0 amide bonds. The third kappa shape index (κ3) is 5.17. The Morgan fingerprint density at radius 2 is 1.68 bits per heavy atom. The molecule has 0 radical (unpaired) electrons. The first kappa shape index (κ1) is 21.6. The van der Waals surface area contributed by atoms with E-state index in [9.17, 15) is 13.8 Å². The van der Waals surface area contributed by atoms with E-state index in [0.29, 0.717) is 28.2 Å². The second-order valence-corrected chi connectivity index (χ2v) is 6.76. The van der Waals surface area contributed by atoms with Crippen LogP contribution in [0.5, 0.6) is 11.5 Å². The van der Waals surface area contributed by atoms with Crippen LogP contribution in [0, 0.1) is 0 Å². The van der Waals surface area contributed by atoms with Gasteiger partial charge in [-0.1, -0.05) is 30.3 Å². The van der Waals surface area contributed by atoms with Crippen LogP contribution in [-0.2, 0) is 26.4 Å². The first-order valence-corrected chi connectivity index (χ1v) is 9.78. The van der Waals surface area contributed by atoms with Crippen molar-refractivity contribution in [2.75, 3.05) is 20.8 Å². The summed E-state index contributed by atoms with van der Waals surface area (Å²) < 4.78 is 35.4. The van der Waals surface area contributed by atoms with Crippen LogP contribution in [0.2, 0.25) is 0 Å². The van der Waals surface area contributed by atoms with E-state index in [1.54, 1.807) is 37.3 Å². The molecule has 2 aromatic rings. The average Bonchev–Trinajstić information content (AvgIpc) is 2.68. The third-order valence-electron chi connectivity index (χ3n) is 4.05. The number of methoxy groups -OCH3 is 2. The van der Waals surface area contributed by atoms with Crippen LogP contribution >= 0.6 is 0 Å². The van der Waals surface area contributed by atoms with Crippen molar-refractivity contribution < 1.29 is 32.6 Å². The zero-order chi connectivity index (χ0) is 20.7. The lowest BCUT2D eigenvalue weighted by Crippen LogP contribution is -2.24. The Bertz CT molecular complexity index is 861. The molecule has 8 heteroatoms. The van der Waals surface area contributed by atoms with Gasteiger partial charge in [-0.25, -0.2) is 4.21 Å². The molecule has 0 aliphatic heterocycles. The summed E-state index contributed by atoms with van der Waals surface area (Å²) in [6, 6.07) is 11.0. The Labute approximate surface area is 165 Å². The highest BCUT2D eigenvalue weighted by molar-refractivity contribution is 7.78. The summed E-state index contributed by atoms with van der Waals surface area (Å²) in [6.07, 6.45) is 0. The number of carbonyl (C=O) groups is 2. The topological polar surface area (TPSA) is 99.1 Å². The molecule has 1 N–H and O–H groups in total. The highest BCUT2D eigenvalue weighted by atomic mass is 32.2. The number of benzene rings is 2. The highest BCUT2D eigenvalue weighted by Crippen LogP contribution is 2.32. The smallest absolute Gasteiger partial charge is 0.321 e. The van der Waals surface area contributed by atoms with Crippen molar-refractivity contribution >= 4 is 22.8 Å². The number of carbonyl (C=O) groups excluding carboxylic acids is 2. The van der Waals surface area contributed by atoms with E-state index < -0.39 is 28.8 Å². The molecule has 0 bridgehead atoms. The fourth-order valence-electron chi connectivity index (χ4n) is 2.73. The van der Waals surface area contributed by atoms with Crippen molar-refractivity contribution in [3.05, 3.63) is 59.2 Å². The average molecular weight is 406 g/mol. The first-order chi connectivity index (χ1) is 13.4. The molecule has 28 heavy (non-hydrogen) atoms. The first-order valence-electron chi connectivity index (χ1n) is 8.50.